The van der Waals surface area contributed by atoms with Gasteiger partial charge in [-0.25, -0.2) is 4.79 Å². The number of amides is 3. The number of nitrogens with two attached hydrogens (primary N) is 2. The van der Waals surface area contributed by atoms with Crippen molar-refractivity contribution in [2.75, 3.05) is 18.6 Å². The van der Waals surface area contributed by atoms with Crippen LogP contribution < -0.4 is 27.4 Å². The van der Waals surface area contributed by atoms with E-state index in [4.69, 9.17) is 11.5 Å². The lowest BCUT2D eigenvalue weighted by Crippen LogP contribution is -2.59. The van der Waals surface area contributed by atoms with Crippen molar-refractivity contribution >= 4 is 35.5 Å². The van der Waals surface area contributed by atoms with Gasteiger partial charge in [0.15, 0.2) is 0 Å². The number of thioether (sulfide) groups is 1. The molecule has 12 heteroatoms. The highest BCUT2D eigenvalue weighted by atomic mass is 32.2. The minimum atomic E-state index is -1.19. The molecule has 0 fully saturated rings. The molecular weight excluding hydrogens is 510 g/mol. The molecule has 0 heterocycles. The second-order valence-electron chi connectivity index (χ2n) is 9.38. The molecule has 1 aromatic rings. The lowest BCUT2D eigenvalue weighted by atomic mass is 9.96. The quantitative estimate of drug-likeness (QED) is 0.128. The fourth-order valence-electron chi connectivity index (χ4n) is 3.70. The molecule has 1 rings (SSSR count). The van der Waals surface area contributed by atoms with Gasteiger partial charge in [0.25, 0.3) is 0 Å². The number of carbonyl (C=O) groups excluding carboxylic acids is 3. The van der Waals surface area contributed by atoms with E-state index in [1.165, 1.54) is 12.1 Å². The van der Waals surface area contributed by atoms with Crippen LogP contribution in [0.1, 0.15) is 51.5 Å². The van der Waals surface area contributed by atoms with E-state index >= 15 is 0 Å². The first-order chi connectivity index (χ1) is 18.0. The van der Waals surface area contributed by atoms with E-state index in [0.717, 1.165) is 0 Å². The minimum Gasteiger partial charge on any atom is -0.508 e. The number of unbranched alkanes of at least 4 members (excludes halogenated alkanes) is 1. The van der Waals surface area contributed by atoms with Crippen molar-refractivity contribution < 1.29 is 29.4 Å². The summed E-state index contributed by atoms with van der Waals surface area (Å²) in [6.07, 6.45) is 4.31. The van der Waals surface area contributed by atoms with Crippen LogP contribution in [0.3, 0.4) is 0 Å². The molecule has 5 unspecified atom stereocenters. The number of carbonyl (C=O) groups is 4. The van der Waals surface area contributed by atoms with Gasteiger partial charge >= 0.3 is 5.97 Å². The molecule has 0 aromatic heterocycles. The number of nitrogens with one attached hydrogen (secondary N) is 3. The van der Waals surface area contributed by atoms with Crippen LogP contribution in [0.15, 0.2) is 24.3 Å². The maximum atomic E-state index is 13.4. The zero-order valence-corrected chi connectivity index (χ0v) is 23.3. The molecule has 38 heavy (non-hydrogen) atoms. The molecule has 0 aliphatic heterocycles. The van der Waals surface area contributed by atoms with Crippen LogP contribution in [-0.2, 0) is 25.6 Å². The maximum absolute atomic E-state index is 13.4. The largest absolute Gasteiger partial charge is 0.508 e. The highest BCUT2D eigenvalue weighted by molar-refractivity contribution is 7.98. The van der Waals surface area contributed by atoms with Gasteiger partial charge < -0.3 is 37.6 Å². The summed E-state index contributed by atoms with van der Waals surface area (Å²) < 4.78 is 0. The van der Waals surface area contributed by atoms with E-state index in [1.807, 2.05) is 20.1 Å². The third kappa shape index (κ3) is 11.7. The first kappa shape index (κ1) is 33.2. The van der Waals surface area contributed by atoms with E-state index < -0.39 is 47.9 Å². The molecule has 3 amide bonds. The third-order valence-electron chi connectivity index (χ3n) is 6.33. The highest BCUT2D eigenvalue weighted by Crippen LogP contribution is 2.14. The van der Waals surface area contributed by atoms with Crippen molar-refractivity contribution in [1.29, 1.82) is 0 Å². The van der Waals surface area contributed by atoms with Gasteiger partial charge in [0.05, 0.1) is 6.04 Å². The van der Waals surface area contributed by atoms with Gasteiger partial charge in [-0.3, -0.25) is 14.4 Å². The predicted octanol–water partition coefficient (Wildman–Crippen LogP) is 0.729. The standard InChI is InChI=1S/C26H43N5O6S/c1-4-16(2)22(31-23(33)19(28)12-14-38-3)25(35)30-21(15-17-8-10-18(32)11-9-17)24(34)29-20(26(36)37)7-5-6-13-27/h8-11,16,19-22,32H,4-7,12-15,27-28H2,1-3H3,(H,29,34)(H,30,35)(H,31,33)(H,36,37). The van der Waals surface area contributed by atoms with Crippen LogP contribution >= 0.6 is 11.8 Å². The Kier molecular flexibility index (Phi) is 15.4. The molecule has 0 aliphatic rings. The molecule has 0 radical (unpaired) electrons. The van der Waals surface area contributed by atoms with Crippen LogP contribution in [-0.4, -0.2) is 76.6 Å². The third-order valence-corrected chi connectivity index (χ3v) is 6.98. The number of hydrogen-bond donors (Lipinski definition) is 7. The summed E-state index contributed by atoms with van der Waals surface area (Å²) in [4.78, 5) is 51.0. The van der Waals surface area contributed by atoms with Gasteiger partial charge in [-0.1, -0.05) is 32.4 Å². The highest BCUT2D eigenvalue weighted by Gasteiger charge is 2.32. The summed E-state index contributed by atoms with van der Waals surface area (Å²) >= 11 is 1.56. The van der Waals surface area contributed by atoms with Crippen molar-refractivity contribution in [2.45, 2.75) is 76.5 Å². The smallest absolute Gasteiger partial charge is 0.326 e. The van der Waals surface area contributed by atoms with Crippen LogP contribution in [0.25, 0.3) is 0 Å². The first-order valence-corrected chi connectivity index (χ1v) is 14.3. The topological polar surface area (TPSA) is 197 Å². The fraction of sp³-hybridized carbons (Fsp3) is 0.615. The second kappa shape index (κ2) is 17.6. The molecule has 0 saturated heterocycles. The van der Waals surface area contributed by atoms with Crippen LogP contribution in [0, 0.1) is 5.92 Å². The summed E-state index contributed by atoms with van der Waals surface area (Å²) in [6, 6.07) is 2.14. The lowest BCUT2D eigenvalue weighted by Gasteiger charge is -2.28. The average molecular weight is 554 g/mol. The fourth-order valence-corrected chi connectivity index (χ4v) is 4.19. The molecule has 11 nitrogen and oxygen atoms in total. The van der Waals surface area contributed by atoms with Gasteiger partial charge in [0.2, 0.25) is 17.7 Å². The number of phenolic OH excluding ortho intramolecular Hbond substituents is 1. The Bertz CT molecular complexity index is 901. The molecule has 0 aliphatic carbocycles. The van der Waals surface area contributed by atoms with Crippen molar-refractivity contribution in [2.24, 2.45) is 17.4 Å². The van der Waals surface area contributed by atoms with Crippen molar-refractivity contribution in [1.82, 2.24) is 16.0 Å². The molecule has 0 saturated carbocycles. The van der Waals surface area contributed by atoms with Crippen LogP contribution in [0.4, 0.5) is 0 Å². The Morgan fingerprint density at radius 1 is 0.947 bits per heavy atom. The lowest BCUT2D eigenvalue weighted by molar-refractivity contribution is -0.142. The summed E-state index contributed by atoms with van der Waals surface area (Å²) in [5.74, 6) is -2.40. The molecule has 1 aromatic carbocycles. The maximum Gasteiger partial charge on any atom is 0.326 e. The monoisotopic (exact) mass is 553 g/mol. The SMILES string of the molecule is CCC(C)C(NC(=O)C(N)CCSC)C(=O)NC(Cc1ccc(O)cc1)C(=O)NC(CCCCN)C(=O)O. The number of phenols is 1. The van der Waals surface area contributed by atoms with Crippen molar-refractivity contribution in [3.05, 3.63) is 29.8 Å². The zero-order chi connectivity index (χ0) is 28.7. The van der Waals surface area contributed by atoms with E-state index in [0.29, 0.717) is 43.5 Å². The normalized spacial score (nSPS) is 15.0. The Morgan fingerprint density at radius 3 is 2.13 bits per heavy atom. The van der Waals surface area contributed by atoms with Gasteiger partial charge in [-0.05, 0) is 67.9 Å². The summed E-state index contributed by atoms with van der Waals surface area (Å²) in [5, 5.41) is 27.1. The van der Waals surface area contributed by atoms with Crippen LogP contribution in [0.5, 0.6) is 5.75 Å². The van der Waals surface area contributed by atoms with E-state index in [9.17, 15) is 29.4 Å². The molecule has 0 spiro atoms. The Balaban J connectivity index is 3.13. The number of aliphatic carboxylic acids is 1. The zero-order valence-electron chi connectivity index (χ0n) is 22.4. The number of benzene rings is 1. The average Bonchev–Trinajstić information content (AvgIpc) is 2.89. The summed E-state index contributed by atoms with van der Waals surface area (Å²) in [6.45, 7) is 4.10. The number of carboxylic acids is 1. The Labute approximate surface area is 228 Å². The molecule has 9 N–H and O–H groups in total. The molecule has 5 atom stereocenters. The predicted molar refractivity (Wildman–Crippen MR) is 149 cm³/mol. The number of rotatable bonds is 18. The second-order valence-corrected chi connectivity index (χ2v) is 10.4. The van der Waals surface area contributed by atoms with Crippen LogP contribution in [0.2, 0.25) is 0 Å². The van der Waals surface area contributed by atoms with Gasteiger partial charge in [0.1, 0.15) is 23.9 Å². The first-order valence-electron chi connectivity index (χ1n) is 12.9. The van der Waals surface area contributed by atoms with Crippen molar-refractivity contribution in [3.8, 4) is 5.75 Å². The summed E-state index contributed by atoms with van der Waals surface area (Å²) in [5.41, 5.74) is 12.1. The molecule has 214 valence electrons. The van der Waals surface area contributed by atoms with Gasteiger partial charge in [0, 0.05) is 6.42 Å². The van der Waals surface area contributed by atoms with Crippen molar-refractivity contribution in [3.63, 3.8) is 0 Å². The Morgan fingerprint density at radius 2 is 1.58 bits per heavy atom. The van der Waals surface area contributed by atoms with E-state index in [2.05, 4.69) is 16.0 Å². The number of hydrogen-bond acceptors (Lipinski definition) is 8. The minimum absolute atomic E-state index is 0.0431. The van der Waals surface area contributed by atoms with E-state index in [1.54, 1.807) is 23.9 Å². The molecular formula is C26H43N5O6S. The van der Waals surface area contributed by atoms with Gasteiger partial charge in [-0.15, -0.1) is 0 Å². The number of carboxylic acid groups (broad SMARTS) is 1. The summed E-state index contributed by atoms with van der Waals surface area (Å²) in [7, 11) is 0. The molecule has 0 bridgehead atoms. The Hall–Kier alpha value is -2.83. The number of aromatic hydroxyl groups is 1. The van der Waals surface area contributed by atoms with E-state index in [-0.39, 0.29) is 24.5 Å². The van der Waals surface area contributed by atoms with Gasteiger partial charge in [-0.2, -0.15) is 11.8 Å².